The molecule has 1 aliphatic heterocycles. The largest absolute Gasteiger partial charge is 0.497 e. The highest BCUT2D eigenvalue weighted by atomic mass is 35.5. The van der Waals surface area contributed by atoms with Crippen molar-refractivity contribution in [3.05, 3.63) is 112 Å². The number of β-lactam (4-membered cyclic amide) rings is 1. The first-order valence-electron chi connectivity index (χ1n) is 12.7. The monoisotopic (exact) mass is 643 g/mol. The zero-order chi connectivity index (χ0) is 31.1. The number of nitro groups is 1. The number of benzene rings is 3. The number of alkyl halides is 1. The first-order chi connectivity index (χ1) is 20.6. The van der Waals surface area contributed by atoms with Crippen LogP contribution in [0.25, 0.3) is 0 Å². The third kappa shape index (κ3) is 7.42. The van der Waals surface area contributed by atoms with Gasteiger partial charge in [0.1, 0.15) is 17.7 Å². The van der Waals surface area contributed by atoms with Crippen molar-refractivity contribution in [3.8, 4) is 5.75 Å². The summed E-state index contributed by atoms with van der Waals surface area (Å²) in [5, 5.41) is 9.81. The third-order valence-corrected chi connectivity index (χ3v) is 10.5. The fourth-order valence-corrected chi connectivity index (χ4v) is 7.76. The second kappa shape index (κ2) is 13.8. The number of nitrogens with zero attached hydrogens (tertiary/aromatic N) is 3. The van der Waals surface area contributed by atoms with E-state index in [9.17, 15) is 28.1 Å². The van der Waals surface area contributed by atoms with Gasteiger partial charge in [0, 0.05) is 35.0 Å². The van der Waals surface area contributed by atoms with Crippen molar-refractivity contribution in [1.82, 2.24) is 4.90 Å². The molecule has 3 atom stereocenters. The number of methoxy groups -OCH3 is 1. The zero-order valence-corrected chi connectivity index (χ0v) is 25.1. The third-order valence-electron chi connectivity index (χ3n) is 6.40. The standard InChI is InChI=1S/C29H26ClN3O8S2/c1-19(16-30)26(29(35)41-18-21-10-14-23(40-2)15-11-21)32-27(34)25(31-17-20-8-12-22(13-9-20)33(36)37)28(32)42-43(38,39)24-6-4-3-5-7-24/h3-15,17,25-26,28H,1,16,18H2,2H3. The molecule has 0 N–H and O–H groups in total. The molecule has 43 heavy (non-hydrogen) atoms. The molecule has 14 heteroatoms. The van der Waals surface area contributed by atoms with Crippen LogP contribution in [0.5, 0.6) is 5.75 Å². The molecule has 11 nitrogen and oxygen atoms in total. The number of esters is 1. The molecule has 1 fully saturated rings. The highest BCUT2D eigenvalue weighted by Gasteiger charge is 2.55. The summed E-state index contributed by atoms with van der Waals surface area (Å²) in [5.41, 5.74) is 1.12. The molecule has 1 heterocycles. The van der Waals surface area contributed by atoms with Gasteiger partial charge in [-0.15, -0.1) is 11.6 Å². The van der Waals surface area contributed by atoms with Crippen molar-refractivity contribution in [1.29, 1.82) is 0 Å². The van der Waals surface area contributed by atoms with E-state index in [1.165, 1.54) is 49.7 Å². The van der Waals surface area contributed by atoms with E-state index in [-0.39, 0.29) is 28.6 Å². The first-order valence-corrected chi connectivity index (χ1v) is 16.1. The number of ether oxygens (including phenoxy) is 2. The van der Waals surface area contributed by atoms with Crippen molar-refractivity contribution in [2.24, 2.45) is 4.99 Å². The van der Waals surface area contributed by atoms with Gasteiger partial charge in [0.2, 0.25) is 8.87 Å². The first kappa shape index (κ1) is 31.7. The van der Waals surface area contributed by atoms with Gasteiger partial charge in [-0.05, 0) is 53.1 Å². The fourth-order valence-electron chi connectivity index (χ4n) is 4.11. The van der Waals surface area contributed by atoms with Crippen LogP contribution in [0.1, 0.15) is 11.1 Å². The van der Waals surface area contributed by atoms with Gasteiger partial charge in [-0.2, -0.15) is 0 Å². The van der Waals surface area contributed by atoms with Crippen LogP contribution >= 0.6 is 22.4 Å². The summed E-state index contributed by atoms with van der Waals surface area (Å²) in [6.45, 7) is 3.72. The van der Waals surface area contributed by atoms with E-state index in [0.29, 0.717) is 27.7 Å². The molecular weight excluding hydrogens is 618 g/mol. The Morgan fingerprint density at radius 3 is 2.37 bits per heavy atom. The van der Waals surface area contributed by atoms with Crippen molar-refractivity contribution < 1.29 is 32.4 Å². The molecule has 3 aromatic carbocycles. The maximum absolute atomic E-state index is 13.5. The van der Waals surface area contributed by atoms with Gasteiger partial charge >= 0.3 is 5.97 Å². The zero-order valence-electron chi connectivity index (χ0n) is 22.7. The maximum atomic E-state index is 13.5. The molecule has 0 bridgehead atoms. The number of non-ortho nitro benzene ring substituents is 1. The predicted molar refractivity (Wildman–Crippen MR) is 163 cm³/mol. The molecule has 0 aliphatic carbocycles. The van der Waals surface area contributed by atoms with E-state index in [1.807, 2.05) is 0 Å². The Morgan fingerprint density at radius 1 is 1.14 bits per heavy atom. The fraction of sp³-hybridized carbons (Fsp3) is 0.207. The Balaban J connectivity index is 1.62. The van der Waals surface area contributed by atoms with Crippen LogP contribution in [-0.2, 0) is 29.8 Å². The number of carbonyl (C=O) groups is 2. The lowest BCUT2D eigenvalue weighted by Gasteiger charge is -2.47. The average molecular weight is 644 g/mol. The minimum atomic E-state index is -4.01. The van der Waals surface area contributed by atoms with Crippen molar-refractivity contribution in [2.45, 2.75) is 29.0 Å². The minimum absolute atomic E-state index is 0.00667. The highest BCUT2D eigenvalue weighted by Crippen LogP contribution is 2.41. The predicted octanol–water partition coefficient (Wildman–Crippen LogP) is 4.59. The number of aliphatic imine (C=N–C) groups is 1. The Labute approximate surface area is 256 Å². The Hall–Kier alpha value is -4.20. The summed E-state index contributed by atoms with van der Waals surface area (Å²) in [6, 6.07) is 17.3. The van der Waals surface area contributed by atoms with Crippen LogP contribution in [0.2, 0.25) is 0 Å². The number of nitro benzene ring substituents is 1. The second-order valence-electron chi connectivity index (χ2n) is 9.22. The van der Waals surface area contributed by atoms with Crippen molar-refractivity contribution in [3.63, 3.8) is 0 Å². The van der Waals surface area contributed by atoms with Gasteiger partial charge in [0.15, 0.2) is 12.1 Å². The number of carbonyl (C=O) groups excluding carboxylic acids is 2. The number of amides is 1. The summed E-state index contributed by atoms with van der Waals surface area (Å²) in [7, 11) is -2.03. The van der Waals surface area contributed by atoms with E-state index in [0.717, 1.165) is 4.90 Å². The second-order valence-corrected chi connectivity index (χ2v) is 13.4. The van der Waals surface area contributed by atoms with E-state index < -0.39 is 43.1 Å². The number of halogens is 1. The van der Waals surface area contributed by atoms with Gasteiger partial charge in [0.05, 0.1) is 16.9 Å². The van der Waals surface area contributed by atoms with Gasteiger partial charge in [-0.1, -0.05) is 36.9 Å². The summed E-state index contributed by atoms with van der Waals surface area (Å²) < 4.78 is 37.3. The van der Waals surface area contributed by atoms with Gasteiger partial charge in [0.25, 0.3) is 11.6 Å². The summed E-state index contributed by atoms with van der Waals surface area (Å²) in [4.78, 5) is 42.6. The smallest absolute Gasteiger partial charge is 0.333 e. The minimum Gasteiger partial charge on any atom is -0.497 e. The molecule has 3 unspecified atom stereocenters. The molecule has 3 aromatic rings. The lowest BCUT2D eigenvalue weighted by molar-refractivity contribution is -0.384. The molecule has 0 radical (unpaired) electrons. The normalized spacial score (nSPS) is 17.3. The van der Waals surface area contributed by atoms with E-state index in [2.05, 4.69) is 11.6 Å². The highest BCUT2D eigenvalue weighted by molar-refractivity contribution is 8.72. The van der Waals surface area contributed by atoms with Crippen LogP contribution in [0.15, 0.2) is 101 Å². The molecule has 1 aliphatic rings. The van der Waals surface area contributed by atoms with Crippen LogP contribution in [0.4, 0.5) is 5.69 Å². The number of hydrogen-bond donors (Lipinski definition) is 0. The molecular formula is C29H26ClN3O8S2. The Morgan fingerprint density at radius 2 is 1.79 bits per heavy atom. The molecule has 0 aromatic heterocycles. The van der Waals surface area contributed by atoms with Gasteiger partial charge < -0.3 is 14.4 Å². The number of hydrogen-bond acceptors (Lipinski definition) is 10. The van der Waals surface area contributed by atoms with Crippen molar-refractivity contribution in [2.75, 3.05) is 13.0 Å². The number of likely N-dealkylation sites (tertiary alicyclic amines) is 1. The summed E-state index contributed by atoms with van der Waals surface area (Å²) in [6.07, 6.45) is 1.32. The molecule has 0 saturated carbocycles. The van der Waals surface area contributed by atoms with Gasteiger partial charge in [-0.3, -0.25) is 19.9 Å². The summed E-state index contributed by atoms with van der Waals surface area (Å²) in [5.74, 6) is -1.06. The molecule has 0 spiro atoms. The quantitative estimate of drug-likeness (QED) is 0.0381. The van der Waals surface area contributed by atoms with Crippen LogP contribution in [0.3, 0.4) is 0 Å². The van der Waals surface area contributed by atoms with E-state index in [4.69, 9.17) is 21.1 Å². The maximum Gasteiger partial charge on any atom is 0.333 e. The van der Waals surface area contributed by atoms with E-state index >= 15 is 0 Å². The molecule has 224 valence electrons. The topological polar surface area (TPSA) is 145 Å². The lowest BCUT2D eigenvalue weighted by Crippen LogP contribution is -2.68. The summed E-state index contributed by atoms with van der Waals surface area (Å²) >= 11 is 6.04. The van der Waals surface area contributed by atoms with Crippen molar-refractivity contribution >= 4 is 55.0 Å². The molecule has 4 rings (SSSR count). The van der Waals surface area contributed by atoms with Gasteiger partial charge in [-0.25, -0.2) is 13.2 Å². The SMILES string of the molecule is C=C(CCl)C(C(=O)OCc1ccc(OC)cc1)N1C(=O)C(N=Cc2ccc([N+](=O)[O-])cc2)C1SS(=O)(=O)c1ccccc1. The van der Waals surface area contributed by atoms with Crippen LogP contribution in [-0.4, -0.2) is 66.8 Å². The Bertz CT molecular complexity index is 1630. The molecule has 1 saturated heterocycles. The van der Waals surface area contributed by atoms with Crippen LogP contribution < -0.4 is 4.74 Å². The average Bonchev–Trinajstić information content (AvgIpc) is 3.02. The van der Waals surface area contributed by atoms with Crippen LogP contribution in [0, 0.1) is 10.1 Å². The Kier molecular flexibility index (Phi) is 10.2. The van der Waals surface area contributed by atoms with E-state index in [1.54, 1.807) is 42.5 Å². The number of rotatable bonds is 13. The lowest BCUT2D eigenvalue weighted by atomic mass is 9.99. The molecule has 1 amide bonds.